The number of hydrogen-bond acceptors (Lipinski definition) is 10. The molecule has 5 unspecified atom stereocenters. The second-order valence-electron chi connectivity index (χ2n) is 27.4. The molecule has 14 rings (SSSR count). The van der Waals surface area contributed by atoms with E-state index in [1.165, 1.54) is 63.2 Å². The lowest BCUT2D eigenvalue weighted by molar-refractivity contribution is -0.445. The maximum Gasteiger partial charge on any atom is 0.307 e. The van der Waals surface area contributed by atoms with E-state index < -0.39 is 33.3 Å². The summed E-state index contributed by atoms with van der Waals surface area (Å²) in [5.41, 5.74) is 21.0. The van der Waals surface area contributed by atoms with Gasteiger partial charge in [-0.25, -0.2) is 0 Å². The van der Waals surface area contributed by atoms with Gasteiger partial charge in [0, 0.05) is 112 Å². The average Bonchev–Trinajstić information content (AvgIpc) is 1.55. The third kappa shape index (κ3) is 9.87. The highest BCUT2D eigenvalue weighted by molar-refractivity contribution is 7.86. The van der Waals surface area contributed by atoms with E-state index in [-0.39, 0.29) is 96.6 Å². The fourth-order valence-electron chi connectivity index (χ4n) is 16.3. The van der Waals surface area contributed by atoms with E-state index >= 15 is 0 Å². The number of amides is 1. The van der Waals surface area contributed by atoms with E-state index in [4.69, 9.17) is 9.47 Å². The molecule has 10 aliphatic heterocycles. The molecule has 0 fully saturated rings. The van der Waals surface area contributed by atoms with Gasteiger partial charge in [0.1, 0.15) is 5.25 Å². The van der Waals surface area contributed by atoms with Crippen LogP contribution in [0.4, 0.5) is 22.7 Å². The Balaban J connectivity index is 0.000000171. The van der Waals surface area contributed by atoms with Crippen molar-refractivity contribution in [1.82, 2.24) is 5.32 Å². The number of aliphatic carboxylic acids is 3. The van der Waals surface area contributed by atoms with Crippen LogP contribution in [0, 0.1) is 0 Å². The maximum atomic E-state index is 12.7. The van der Waals surface area contributed by atoms with Crippen molar-refractivity contribution in [1.29, 1.82) is 0 Å². The van der Waals surface area contributed by atoms with E-state index in [0.717, 1.165) is 108 Å². The number of anilines is 2. The van der Waals surface area contributed by atoms with Crippen LogP contribution in [0.5, 0.6) is 0 Å². The highest BCUT2D eigenvalue weighted by Gasteiger charge is 2.57. The number of nitrogens with zero attached hydrogens (tertiary/aromatic N) is 4. The number of nitrogens with one attached hydrogen (secondary N) is 1. The van der Waals surface area contributed by atoms with Crippen LogP contribution < -0.4 is 27.5 Å². The molecule has 10 aliphatic rings. The second kappa shape index (κ2) is 21.5. The van der Waals surface area contributed by atoms with Crippen LogP contribution in [-0.2, 0) is 86.1 Å². The normalized spacial score (nSPS) is 24.1. The molecule has 5 N–H and O–H groups in total. The van der Waals surface area contributed by atoms with E-state index in [1.54, 1.807) is 0 Å². The molecule has 4 aromatic rings. The van der Waals surface area contributed by atoms with Gasteiger partial charge in [0.2, 0.25) is 17.3 Å². The Hall–Kier alpha value is -7.22. The smallest absolute Gasteiger partial charge is 0.307 e. The second-order valence-corrected chi connectivity index (χ2v) is 29.3. The van der Waals surface area contributed by atoms with Gasteiger partial charge in [-0.3, -0.25) is 23.7 Å². The average molecular weight is 1240 g/mol. The van der Waals surface area contributed by atoms with Crippen molar-refractivity contribution in [3.63, 3.8) is 0 Å². The molecule has 4 aromatic carbocycles. The summed E-state index contributed by atoms with van der Waals surface area (Å²) in [6, 6.07) is 24.4. The Labute approximate surface area is 520 Å². The van der Waals surface area contributed by atoms with Gasteiger partial charge in [-0.1, -0.05) is 64.1 Å². The predicted molar refractivity (Wildman–Crippen MR) is 330 cm³/mol. The van der Waals surface area contributed by atoms with Crippen molar-refractivity contribution >= 4 is 68.1 Å². The molecule has 0 radical (unpaired) electrons. The molecule has 462 valence electrons. The number of carboxylic acid groups (broad SMARTS) is 3. The minimum absolute atomic E-state index is 0. The lowest BCUT2D eigenvalue weighted by atomic mass is 9.73. The number of carbonyl (C=O) groups is 4. The highest BCUT2D eigenvalue weighted by atomic mass is 35.5. The van der Waals surface area contributed by atoms with Gasteiger partial charge in [-0.05, 0) is 117 Å². The van der Waals surface area contributed by atoms with Crippen LogP contribution in [-0.4, -0.2) is 135 Å². The van der Waals surface area contributed by atoms with Gasteiger partial charge in [0.25, 0.3) is 10.1 Å². The zero-order chi connectivity index (χ0) is 61.8. The fourth-order valence-corrected chi connectivity index (χ4v) is 16.6. The number of hydrogen-bond donors (Lipinski definition) is 5. The summed E-state index contributed by atoms with van der Waals surface area (Å²) in [6.45, 7) is 22.5. The minimum atomic E-state index is -4.22. The van der Waals surface area contributed by atoms with Gasteiger partial charge >= 0.3 is 17.9 Å². The standard InChI is InChI=1S/C36H41N3O7S.C33H34N2O5.ClH/c1-20(47(43,44)45)19-37-31(40)16-21-6-8-27-25(14-21)35(2,3)33-23-18-24-30(46-29(23)10-12-38(27)33)11-13-39-28-9-7-22(17-32(41)42)15-26(28)36(4,5)34(24)39;1-32(2)22-13-18(15-28(36)37)5-7-24(22)34-11-9-26-20(30(32)34)17-21-27(40-26)10-12-35-25-8-6-19(16-29(38)39)14-23(25)33(3,4)31(21)35;/h6-9,14-15,18,20,29-30H,10-13,16-17,19H2,1-5H3,(H2-,37,40,41,42,43,44,45);5-8,13-14,17,26-27H,9-12,15-16H2,1-4H3,(H-,36,37,38,39);1H/p+1. The molecule has 17 nitrogen and oxygen atoms in total. The monoisotopic (exact) mass is 1230 g/mol. The van der Waals surface area contributed by atoms with E-state index in [1.807, 2.05) is 24.3 Å². The Morgan fingerprint density at radius 3 is 1.32 bits per heavy atom. The summed E-state index contributed by atoms with van der Waals surface area (Å²) in [4.78, 5) is 51.8. The summed E-state index contributed by atoms with van der Waals surface area (Å²) in [5, 5.41) is 29.7. The molecule has 5 atom stereocenters. The van der Waals surface area contributed by atoms with Crippen LogP contribution in [0.15, 0.2) is 119 Å². The van der Waals surface area contributed by atoms with E-state index in [2.05, 4.69) is 140 Å². The van der Waals surface area contributed by atoms with Crippen LogP contribution in [0.3, 0.4) is 0 Å². The number of rotatable bonds is 11. The third-order valence-corrected chi connectivity index (χ3v) is 21.5. The van der Waals surface area contributed by atoms with Crippen LogP contribution in [0.2, 0.25) is 0 Å². The van der Waals surface area contributed by atoms with Gasteiger partial charge in [-0.2, -0.15) is 17.6 Å². The van der Waals surface area contributed by atoms with Crippen LogP contribution >= 0.6 is 0 Å². The molecule has 19 heteroatoms. The molecule has 0 aromatic heterocycles. The summed E-state index contributed by atoms with van der Waals surface area (Å²) in [6.07, 6.45) is 8.53. The van der Waals surface area contributed by atoms with Crippen molar-refractivity contribution < 1.29 is 78.5 Å². The summed E-state index contributed by atoms with van der Waals surface area (Å²) < 4.78 is 50.6. The first kappa shape index (κ1) is 61.0. The first-order valence-electron chi connectivity index (χ1n) is 30.5. The minimum Gasteiger partial charge on any atom is -1.00 e. The number of carbonyl (C=O) groups excluding carboxylic acids is 1. The Morgan fingerprint density at radius 2 is 0.932 bits per heavy atom. The van der Waals surface area contributed by atoms with Crippen molar-refractivity contribution in [2.24, 2.45) is 0 Å². The molecule has 0 aliphatic carbocycles. The van der Waals surface area contributed by atoms with E-state index in [9.17, 15) is 47.5 Å². The fraction of sp³-hybridized carbons (Fsp3) is 0.449. The molecule has 0 saturated heterocycles. The molecule has 0 bridgehead atoms. The van der Waals surface area contributed by atoms with Crippen molar-refractivity contribution in [3.05, 3.63) is 163 Å². The summed E-state index contributed by atoms with van der Waals surface area (Å²) in [7, 11) is -4.22. The zero-order valence-electron chi connectivity index (χ0n) is 51.3. The quantitative estimate of drug-likeness (QED) is 0.0852. The largest absolute Gasteiger partial charge is 1.00 e. The Bertz CT molecular complexity index is 4070. The number of halogens is 1. The summed E-state index contributed by atoms with van der Waals surface area (Å²) >= 11 is 0. The van der Waals surface area contributed by atoms with Gasteiger partial charge < -0.3 is 52.3 Å². The summed E-state index contributed by atoms with van der Waals surface area (Å²) in [5.74, 6) is -2.78. The van der Waals surface area contributed by atoms with Crippen LogP contribution in [0.1, 0.15) is 133 Å². The molecule has 1 amide bonds. The number of fused-ring (bicyclic) bond motifs is 16. The molecule has 0 spiro atoms. The Kier molecular flexibility index (Phi) is 14.9. The number of benzene rings is 4. The number of allylic oxidation sites excluding steroid dienone is 2. The first-order valence-corrected chi connectivity index (χ1v) is 32.1. The lowest BCUT2D eigenvalue weighted by Gasteiger charge is -2.42. The first-order chi connectivity index (χ1) is 41.0. The van der Waals surface area contributed by atoms with Gasteiger partial charge in [0.05, 0.1) is 60.9 Å². The molecule has 88 heavy (non-hydrogen) atoms. The maximum absolute atomic E-state index is 12.7. The molecule has 10 heterocycles. The molecular formula is C69H77ClN5O12S+. The topological polar surface area (TPSA) is 226 Å². The van der Waals surface area contributed by atoms with Crippen molar-refractivity contribution in [2.45, 2.75) is 165 Å². The van der Waals surface area contributed by atoms with Crippen molar-refractivity contribution in [3.8, 4) is 0 Å². The highest BCUT2D eigenvalue weighted by Crippen LogP contribution is 2.57. The van der Waals surface area contributed by atoms with E-state index in [0.29, 0.717) is 0 Å². The van der Waals surface area contributed by atoms with Gasteiger partial charge in [0.15, 0.2) is 24.5 Å². The van der Waals surface area contributed by atoms with Crippen molar-refractivity contribution in [2.75, 3.05) is 42.5 Å². The zero-order valence-corrected chi connectivity index (χ0v) is 52.9. The molecular weight excluding hydrogens is 1160 g/mol. The molecule has 0 saturated carbocycles. The SMILES string of the molecule is CC(CNC(=O)Cc1ccc2c(c1)C(C)(C)C1=[N+]2CCC2OC3CCN4C(=C3C=C12)C(C)(C)c1cc(CC(=O)O)ccc14)S(=O)(=O)O.CC1(C)C2=C3C=C4C5=[N+](CCC4OC3CCN2c2ccc(CC(=O)O)cc21)c1ccc(CC(=O)O)cc1C5(C)C.[Cl-]. The lowest BCUT2D eigenvalue weighted by Crippen LogP contribution is -3.00. The van der Waals surface area contributed by atoms with Crippen LogP contribution in [0.25, 0.3) is 0 Å². The predicted octanol–water partition coefficient (Wildman–Crippen LogP) is 6.05. The number of carboxylic acids is 3. The Morgan fingerprint density at radius 1 is 0.557 bits per heavy atom. The number of ether oxygens (including phenoxy) is 2. The van der Waals surface area contributed by atoms with Gasteiger partial charge in [-0.15, -0.1) is 0 Å². The third-order valence-electron chi connectivity index (χ3n) is 20.3.